The van der Waals surface area contributed by atoms with E-state index in [4.69, 9.17) is 9.84 Å². The van der Waals surface area contributed by atoms with Crippen LogP contribution >= 0.6 is 0 Å². The molecule has 1 aliphatic heterocycles. The van der Waals surface area contributed by atoms with Gasteiger partial charge >= 0.3 is 0 Å². The van der Waals surface area contributed by atoms with E-state index in [1.165, 1.54) is 12.1 Å². The molecular formula is C13H16FNO3. The lowest BCUT2D eigenvalue weighted by molar-refractivity contribution is 0.0168. The van der Waals surface area contributed by atoms with E-state index in [2.05, 4.69) is 5.32 Å². The Morgan fingerprint density at radius 3 is 3.00 bits per heavy atom. The average Bonchev–Trinajstić information content (AvgIpc) is 2.37. The third-order valence-electron chi connectivity index (χ3n) is 2.96. The van der Waals surface area contributed by atoms with Crippen molar-refractivity contribution in [2.45, 2.75) is 25.4 Å². The van der Waals surface area contributed by atoms with E-state index in [1.807, 2.05) is 0 Å². The monoisotopic (exact) mass is 253 g/mol. The van der Waals surface area contributed by atoms with Crippen LogP contribution in [-0.4, -0.2) is 30.3 Å². The Morgan fingerprint density at radius 1 is 1.50 bits per heavy atom. The maximum Gasteiger partial charge on any atom is 0.254 e. The minimum atomic E-state index is -0.725. The third-order valence-corrected chi connectivity index (χ3v) is 2.96. The standard InChI is InChI=1S/C13H16FNO3/c14-12-7-9(16)4-5-11(12)13(17)15-8-10-3-1-2-6-18-10/h4-5,7,10,16H,1-3,6,8H2,(H,15,17). The fraction of sp³-hybridized carbons (Fsp3) is 0.462. The fourth-order valence-corrected chi connectivity index (χ4v) is 1.96. The summed E-state index contributed by atoms with van der Waals surface area (Å²) in [6, 6.07) is 3.48. The van der Waals surface area contributed by atoms with Gasteiger partial charge in [0.05, 0.1) is 11.7 Å². The molecule has 2 rings (SSSR count). The van der Waals surface area contributed by atoms with Gasteiger partial charge in [-0.05, 0) is 31.4 Å². The highest BCUT2D eigenvalue weighted by Gasteiger charge is 2.17. The molecule has 0 aromatic heterocycles. The van der Waals surface area contributed by atoms with Gasteiger partial charge in [0.25, 0.3) is 5.91 Å². The summed E-state index contributed by atoms with van der Waals surface area (Å²) in [5, 5.41) is 11.7. The van der Waals surface area contributed by atoms with Crippen LogP contribution in [-0.2, 0) is 4.74 Å². The van der Waals surface area contributed by atoms with E-state index in [1.54, 1.807) is 0 Å². The lowest BCUT2D eigenvalue weighted by Crippen LogP contribution is -2.35. The zero-order chi connectivity index (χ0) is 13.0. The second-order valence-electron chi connectivity index (χ2n) is 4.36. The topological polar surface area (TPSA) is 58.6 Å². The van der Waals surface area contributed by atoms with Crippen LogP contribution in [0.25, 0.3) is 0 Å². The number of benzene rings is 1. The summed E-state index contributed by atoms with van der Waals surface area (Å²) in [6.07, 6.45) is 3.08. The van der Waals surface area contributed by atoms with Crippen LogP contribution in [0.3, 0.4) is 0 Å². The molecule has 1 unspecified atom stereocenters. The first-order valence-electron chi connectivity index (χ1n) is 6.05. The molecule has 0 saturated carbocycles. The van der Waals surface area contributed by atoms with Crippen molar-refractivity contribution in [3.05, 3.63) is 29.6 Å². The van der Waals surface area contributed by atoms with Gasteiger partial charge in [-0.15, -0.1) is 0 Å². The van der Waals surface area contributed by atoms with Crippen molar-refractivity contribution in [1.82, 2.24) is 5.32 Å². The van der Waals surface area contributed by atoms with Gasteiger partial charge in [-0.2, -0.15) is 0 Å². The molecule has 0 bridgehead atoms. The van der Waals surface area contributed by atoms with Crippen LogP contribution in [0.15, 0.2) is 18.2 Å². The minimum Gasteiger partial charge on any atom is -0.508 e. The molecular weight excluding hydrogens is 237 g/mol. The number of hydrogen-bond acceptors (Lipinski definition) is 3. The van der Waals surface area contributed by atoms with Gasteiger partial charge < -0.3 is 15.2 Å². The second-order valence-corrected chi connectivity index (χ2v) is 4.36. The number of halogens is 1. The molecule has 0 aliphatic carbocycles. The van der Waals surface area contributed by atoms with E-state index in [0.29, 0.717) is 13.2 Å². The van der Waals surface area contributed by atoms with Gasteiger partial charge in [0.1, 0.15) is 11.6 Å². The van der Waals surface area contributed by atoms with Gasteiger partial charge in [-0.3, -0.25) is 4.79 Å². The number of ether oxygens (including phenoxy) is 1. The molecule has 1 fully saturated rings. The maximum absolute atomic E-state index is 13.4. The van der Waals surface area contributed by atoms with E-state index in [0.717, 1.165) is 25.3 Å². The summed E-state index contributed by atoms with van der Waals surface area (Å²) in [4.78, 5) is 11.7. The van der Waals surface area contributed by atoms with Crippen molar-refractivity contribution < 1.29 is 19.0 Å². The highest BCUT2D eigenvalue weighted by Crippen LogP contribution is 2.15. The number of phenols is 1. The van der Waals surface area contributed by atoms with E-state index < -0.39 is 11.7 Å². The van der Waals surface area contributed by atoms with Crippen LogP contribution in [0.2, 0.25) is 0 Å². The molecule has 18 heavy (non-hydrogen) atoms. The van der Waals surface area contributed by atoms with Crippen LogP contribution < -0.4 is 5.32 Å². The van der Waals surface area contributed by atoms with Gasteiger partial charge in [-0.25, -0.2) is 4.39 Å². The normalized spacial score (nSPS) is 19.5. The van der Waals surface area contributed by atoms with Gasteiger partial charge in [0, 0.05) is 19.2 Å². The van der Waals surface area contributed by atoms with Crippen LogP contribution in [0, 0.1) is 5.82 Å². The lowest BCUT2D eigenvalue weighted by atomic mass is 10.1. The van der Waals surface area contributed by atoms with Crippen molar-refractivity contribution in [3.63, 3.8) is 0 Å². The van der Waals surface area contributed by atoms with Gasteiger partial charge in [-0.1, -0.05) is 0 Å². The van der Waals surface area contributed by atoms with Gasteiger partial charge in [0.15, 0.2) is 0 Å². The number of aromatic hydroxyl groups is 1. The summed E-state index contributed by atoms with van der Waals surface area (Å²) in [5.74, 6) is -1.40. The molecule has 98 valence electrons. The summed E-state index contributed by atoms with van der Waals surface area (Å²) >= 11 is 0. The molecule has 1 amide bonds. The Hall–Kier alpha value is -1.62. The van der Waals surface area contributed by atoms with E-state index >= 15 is 0 Å². The minimum absolute atomic E-state index is 0.0166. The number of amides is 1. The molecule has 1 saturated heterocycles. The largest absolute Gasteiger partial charge is 0.508 e. The molecule has 2 N–H and O–H groups in total. The maximum atomic E-state index is 13.4. The van der Waals surface area contributed by atoms with E-state index in [-0.39, 0.29) is 17.4 Å². The third kappa shape index (κ3) is 3.20. The molecule has 1 heterocycles. The van der Waals surface area contributed by atoms with E-state index in [9.17, 15) is 9.18 Å². The molecule has 1 aromatic carbocycles. The second kappa shape index (κ2) is 5.82. The van der Waals surface area contributed by atoms with Crippen LogP contribution in [0.5, 0.6) is 5.75 Å². The van der Waals surface area contributed by atoms with Gasteiger partial charge in [0.2, 0.25) is 0 Å². The average molecular weight is 253 g/mol. The highest BCUT2D eigenvalue weighted by molar-refractivity contribution is 5.94. The van der Waals surface area contributed by atoms with Crippen molar-refractivity contribution in [2.24, 2.45) is 0 Å². The first-order chi connectivity index (χ1) is 8.66. The summed E-state index contributed by atoms with van der Waals surface area (Å²) in [7, 11) is 0. The molecule has 1 aliphatic rings. The Bertz CT molecular complexity index is 430. The molecule has 4 nitrogen and oxygen atoms in total. The number of carbonyl (C=O) groups excluding carboxylic acids is 1. The molecule has 1 aromatic rings. The molecule has 0 spiro atoms. The summed E-state index contributed by atoms with van der Waals surface area (Å²) in [6.45, 7) is 1.10. The van der Waals surface area contributed by atoms with Crippen LogP contribution in [0.4, 0.5) is 4.39 Å². The Labute approximate surface area is 105 Å². The number of hydrogen-bond donors (Lipinski definition) is 2. The van der Waals surface area contributed by atoms with Crippen molar-refractivity contribution in [3.8, 4) is 5.75 Å². The SMILES string of the molecule is O=C(NCC1CCCCO1)c1ccc(O)cc1F. The number of nitrogens with one attached hydrogen (secondary N) is 1. The smallest absolute Gasteiger partial charge is 0.254 e. The van der Waals surface area contributed by atoms with Crippen molar-refractivity contribution in [1.29, 1.82) is 0 Å². The number of carbonyl (C=O) groups is 1. The summed E-state index contributed by atoms with van der Waals surface area (Å²) in [5.41, 5.74) is -0.0661. The molecule has 0 radical (unpaired) electrons. The zero-order valence-electron chi connectivity index (χ0n) is 9.99. The first-order valence-corrected chi connectivity index (χ1v) is 6.05. The molecule has 1 atom stereocenters. The fourth-order valence-electron chi connectivity index (χ4n) is 1.96. The predicted molar refractivity (Wildman–Crippen MR) is 64.0 cm³/mol. The van der Waals surface area contributed by atoms with Crippen molar-refractivity contribution in [2.75, 3.05) is 13.2 Å². The first kappa shape index (κ1) is 12.8. The quantitative estimate of drug-likeness (QED) is 0.864. The predicted octanol–water partition coefficient (Wildman–Crippen LogP) is 1.83. The zero-order valence-corrected chi connectivity index (χ0v) is 9.99. The molecule has 5 heteroatoms. The Balaban J connectivity index is 1.90. The number of phenolic OH excluding ortho intramolecular Hbond substituents is 1. The summed E-state index contributed by atoms with van der Waals surface area (Å²) < 4.78 is 18.9. The highest BCUT2D eigenvalue weighted by atomic mass is 19.1. The Kier molecular flexibility index (Phi) is 4.15. The van der Waals surface area contributed by atoms with Crippen molar-refractivity contribution >= 4 is 5.91 Å². The van der Waals surface area contributed by atoms with Crippen LogP contribution in [0.1, 0.15) is 29.6 Å². The lowest BCUT2D eigenvalue weighted by Gasteiger charge is -2.22. The number of rotatable bonds is 3. The Morgan fingerprint density at radius 2 is 2.33 bits per heavy atom.